The maximum absolute atomic E-state index is 12.3. The maximum Gasteiger partial charge on any atom is 0.349 e. The van der Waals surface area contributed by atoms with Crippen LogP contribution in [0.5, 0.6) is 5.75 Å². The summed E-state index contributed by atoms with van der Waals surface area (Å²) in [5.74, 6) is -0.254. The molecule has 0 aliphatic rings. The lowest BCUT2D eigenvalue weighted by atomic mass is 9.91. The van der Waals surface area contributed by atoms with Crippen LogP contribution in [0.15, 0.2) is 35.9 Å². The van der Waals surface area contributed by atoms with Crippen molar-refractivity contribution in [1.82, 2.24) is 4.57 Å². The Balaban J connectivity index is 2.29. The third-order valence-electron chi connectivity index (χ3n) is 4.61. The Morgan fingerprint density at radius 2 is 1.79 bits per heavy atom. The first-order chi connectivity index (χ1) is 13.6. The smallest absolute Gasteiger partial charge is 0.349 e. The van der Waals surface area contributed by atoms with Crippen LogP contribution in [0.3, 0.4) is 0 Å². The van der Waals surface area contributed by atoms with Gasteiger partial charge in [-0.25, -0.2) is 4.79 Å². The van der Waals surface area contributed by atoms with E-state index < -0.39 is 11.4 Å². The number of benzene rings is 1. The monoisotopic (exact) mass is 394 g/mol. The number of aryl methyl sites for hydroxylation is 1. The number of hydrogen-bond acceptors (Lipinski definition) is 5. The average Bonchev–Trinajstić information content (AvgIpc) is 2.96. The van der Waals surface area contributed by atoms with Gasteiger partial charge in [-0.1, -0.05) is 20.8 Å². The predicted molar refractivity (Wildman–Crippen MR) is 111 cm³/mol. The second-order valence-electron chi connectivity index (χ2n) is 7.78. The largest absolute Gasteiger partial charge is 0.497 e. The first-order valence-corrected chi connectivity index (χ1v) is 9.24. The molecule has 0 fully saturated rings. The van der Waals surface area contributed by atoms with E-state index in [0.717, 1.165) is 28.4 Å². The van der Waals surface area contributed by atoms with Crippen molar-refractivity contribution in [3.63, 3.8) is 0 Å². The summed E-state index contributed by atoms with van der Waals surface area (Å²) in [6.45, 7) is 8.74. The number of ketones is 1. The number of rotatable bonds is 6. The number of hydrogen-bond donors (Lipinski definition) is 0. The van der Waals surface area contributed by atoms with Crippen LogP contribution in [0.1, 0.15) is 37.7 Å². The summed E-state index contributed by atoms with van der Waals surface area (Å²) in [4.78, 5) is 24.2. The minimum Gasteiger partial charge on any atom is -0.497 e. The summed E-state index contributed by atoms with van der Waals surface area (Å²) < 4.78 is 12.3. The van der Waals surface area contributed by atoms with E-state index in [1.807, 2.05) is 54.8 Å². The summed E-state index contributed by atoms with van der Waals surface area (Å²) in [5, 5.41) is 9.40. The third kappa shape index (κ3) is 5.14. The molecule has 0 radical (unpaired) electrons. The van der Waals surface area contributed by atoms with Gasteiger partial charge in [-0.05, 0) is 55.8 Å². The lowest BCUT2D eigenvalue weighted by Crippen LogP contribution is -2.26. The number of carbonyl (C=O) groups is 2. The Hall–Kier alpha value is -3.33. The third-order valence-corrected chi connectivity index (χ3v) is 4.61. The topological polar surface area (TPSA) is 81.3 Å². The van der Waals surface area contributed by atoms with Crippen LogP contribution >= 0.6 is 0 Å². The van der Waals surface area contributed by atoms with Gasteiger partial charge in [0, 0.05) is 22.5 Å². The van der Waals surface area contributed by atoms with Crippen molar-refractivity contribution in [2.45, 2.75) is 34.6 Å². The fraction of sp³-hybridized carbons (Fsp3) is 0.348. The molecule has 0 saturated carbocycles. The van der Waals surface area contributed by atoms with Gasteiger partial charge in [0.2, 0.25) is 0 Å². The van der Waals surface area contributed by atoms with E-state index in [2.05, 4.69) is 0 Å². The minimum absolute atomic E-state index is 0.151. The standard InChI is InChI=1S/C23H26N2O4/c1-15-11-17(16(2)25(15)19-7-9-20(28-6)10-8-19)12-18(13-24)22(27)29-14-21(26)23(3,4)5/h7-12H,14H2,1-6H3. The molecule has 0 aliphatic carbocycles. The number of nitriles is 1. The van der Waals surface area contributed by atoms with Crippen LogP contribution in [-0.4, -0.2) is 30.0 Å². The van der Waals surface area contributed by atoms with Gasteiger partial charge in [0.15, 0.2) is 12.4 Å². The highest BCUT2D eigenvalue weighted by Gasteiger charge is 2.23. The molecule has 1 aromatic carbocycles. The van der Waals surface area contributed by atoms with Crippen molar-refractivity contribution in [3.8, 4) is 17.5 Å². The highest BCUT2D eigenvalue weighted by atomic mass is 16.5. The fourth-order valence-corrected chi connectivity index (χ4v) is 2.78. The van der Waals surface area contributed by atoms with Gasteiger partial charge >= 0.3 is 5.97 Å². The molecule has 0 saturated heterocycles. The van der Waals surface area contributed by atoms with Gasteiger partial charge in [0.05, 0.1) is 7.11 Å². The van der Waals surface area contributed by atoms with E-state index in [-0.39, 0.29) is 18.0 Å². The van der Waals surface area contributed by atoms with Crippen molar-refractivity contribution >= 4 is 17.8 Å². The fourth-order valence-electron chi connectivity index (χ4n) is 2.78. The van der Waals surface area contributed by atoms with Crippen molar-refractivity contribution in [3.05, 3.63) is 52.9 Å². The lowest BCUT2D eigenvalue weighted by molar-refractivity contribution is -0.146. The van der Waals surface area contributed by atoms with Gasteiger partial charge in [0.1, 0.15) is 17.4 Å². The summed E-state index contributed by atoms with van der Waals surface area (Å²) in [6, 6.07) is 11.4. The Labute approximate surface area is 171 Å². The number of nitrogens with zero attached hydrogens (tertiary/aromatic N) is 2. The molecule has 1 heterocycles. The molecule has 1 aromatic heterocycles. The number of aromatic nitrogens is 1. The number of esters is 1. The number of ether oxygens (including phenoxy) is 2. The van der Waals surface area contributed by atoms with Gasteiger partial charge in [-0.2, -0.15) is 5.26 Å². The summed E-state index contributed by atoms with van der Waals surface area (Å²) in [6.07, 6.45) is 1.49. The van der Waals surface area contributed by atoms with E-state index >= 15 is 0 Å². The Bertz CT molecular complexity index is 984. The normalized spacial score (nSPS) is 11.7. The van der Waals surface area contributed by atoms with Crippen LogP contribution in [-0.2, 0) is 14.3 Å². The molecule has 0 spiro atoms. The molecule has 6 heteroatoms. The highest BCUT2D eigenvalue weighted by molar-refractivity contribution is 5.99. The van der Waals surface area contributed by atoms with Crippen LogP contribution in [0.25, 0.3) is 11.8 Å². The molecule has 0 aliphatic heterocycles. The van der Waals surface area contributed by atoms with Crippen molar-refractivity contribution in [2.75, 3.05) is 13.7 Å². The number of Topliss-reactive ketones (excluding diaryl/α,β-unsaturated/α-hetero) is 1. The second-order valence-corrected chi connectivity index (χ2v) is 7.78. The average molecular weight is 394 g/mol. The quantitative estimate of drug-likeness (QED) is 0.417. The molecule has 2 aromatic rings. The molecular formula is C23H26N2O4. The molecule has 0 atom stereocenters. The van der Waals surface area contributed by atoms with Gasteiger partial charge in [-0.3, -0.25) is 4.79 Å². The van der Waals surface area contributed by atoms with E-state index in [9.17, 15) is 14.9 Å². The molecule has 152 valence electrons. The molecular weight excluding hydrogens is 368 g/mol. The van der Waals surface area contributed by atoms with Crippen molar-refractivity contribution in [2.24, 2.45) is 5.41 Å². The Morgan fingerprint density at radius 3 is 2.31 bits per heavy atom. The minimum atomic E-state index is -0.806. The van der Waals surface area contributed by atoms with Crippen LogP contribution < -0.4 is 4.74 Å². The molecule has 0 N–H and O–H groups in total. The first kappa shape index (κ1) is 22.0. The molecule has 0 amide bonds. The summed E-state index contributed by atoms with van der Waals surface area (Å²) in [5.41, 5.74) is 2.74. The van der Waals surface area contributed by atoms with Crippen molar-refractivity contribution < 1.29 is 19.1 Å². The Kier molecular flexibility index (Phi) is 6.65. The maximum atomic E-state index is 12.3. The zero-order valence-electron chi connectivity index (χ0n) is 17.7. The zero-order valence-corrected chi connectivity index (χ0v) is 17.7. The second kappa shape index (κ2) is 8.78. The predicted octanol–water partition coefficient (Wildman–Crippen LogP) is 4.17. The Morgan fingerprint density at radius 1 is 1.17 bits per heavy atom. The van der Waals surface area contributed by atoms with Gasteiger partial charge in [0.25, 0.3) is 0 Å². The molecule has 0 unspecified atom stereocenters. The van der Waals surface area contributed by atoms with Gasteiger partial charge in [-0.15, -0.1) is 0 Å². The van der Waals surface area contributed by atoms with E-state index in [0.29, 0.717) is 0 Å². The zero-order chi connectivity index (χ0) is 21.8. The number of methoxy groups -OCH3 is 1. The highest BCUT2D eigenvalue weighted by Crippen LogP contribution is 2.24. The first-order valence-electron chi connectivity index (χ1n) is 9.24. The van der Waals surface area contributed by atoms with Crippen LogP contribution in [0.4, 0.5) is 0 Å². The lowest BCUT2D eigenvalue weighted by Gasteiger charge is -2.15. The molecule has 2 rings (SSSR count). The summed E-state index contributed by atoms with van der Waals surface area (Å²) in [7, 11) is 1.61. The van der Waals surface area contributed by atoms with Crippen LogP contribution in [0, 0.1) is 30.6 Å². The summed E-state index contributed by atoms with van der Waals surface area (Å²) >= 11 is 0. The van der Waals surface area contributed by atoms with E-state index in [4.69, 9.17) is 9.47 Å². The molecule has 6 nitrogen and oxygen atoms in total. The molecule has 0 bridgehead atoms. The van der Waals surface area contributed by atoms with Crippen molar-refractivity contribution in [1.29, 1.82) is 5.26 Å². The van der Waals surface area contributed by atoms with E-state index in [1.54, 1.807) is 27.9 Å². The van der Waals surface area contributed by atoms with Gasteiger partial charge < -0.3 is 14.0 Å². The van der Waals surface area contributed by atoms with Crippen LogP contribution in [0.2, 0.25) is 0 Å². The SMILES string of the molecule is COc1ccc(-n2c(C)cc(C=C(C#N)C(=O)OCC(=O)C(C)(C)C)c2C)cc1. The van der Waals surface area contributed by atoms with E-state index in [1.165, 1.54) is 6.08 Å². The molecule has 29 heavy (non-hydrogen) atoms. The number of carbonyl (C=O) groups excluding carboxylic acids is 2.